The highest BCUT2D eigenvalue weighted by atomic mass is 79.9. The van der Waals surface area contributed by atoms with Crippen LogP contribution in [0.25, 0.3) is 0 Å². The molecule has 5 nitrogen and oxygen atoms in total. The summed E-state index contributed by atoms with van der Waals surface area (Å²) in [5, 5.41) is 8.84. The number of carboxylic acids is 1. The van der Waals surface area contributed by atoms with Crippen LogP contribution in [0.5, 0.6) is 0 Å². The van der Waals surface area contributed by atoms with Crippen molar-refractivity contribution in [2.45, 2.75) is 0 Å². The van der Waals surface area contributed by atoms with Gasteiger partial charge in [-0.1, -0.05) is 0 Å². The third kappa shape index (κ3) is 2.85. The maximum Gasteiger partial charge on any atom is 0.335 e. The number of hydrogen-bond donors (Lipinski definition) is 1. The number of nitrogens with zero attached hydrogens (tertiary/aromatic N) is 2. The molecule has 1 heterocycles. The first-order valence-corrected chi connectivity index (χ1v) is 6.52. The Bertz CT molecular complexity index is 656. The minimum atomic E-state index is -1.00. The Morgan fingerprint density at radius 2 is 1.85 bits per heavy atom. The highest BCUT2D eigenvalue weighted by Crippen LogP contribution is 2.20. The molecule has 2 aromatic rings. The van der Waals surface area contributed by atoms with Crippen molar-refractivity contribution in [1.82, 2.24) is 4.98 Å². The van der Waals surface area contributed by atoms with E-state index >= 15 is 0 Å². The number of amides is 1. The van der Waals surface area contributed by atoms with Gasteiger partial charge in [-0.3, -0.25) is 4.79 Å². The van der Waals surface area contributed by atoms with Gasteiger partial charge in [0.2, 0.25) is 0 Å². The number of carbonyl (C=O) groups is 2. The van der Waals surface area contributed by atoms with Crippen molar-refractivity contribution in [3.8, 4) is 0 Å². The zero-order chi connectivity index (χ0) is 14.7. The third-order valence-electron chi connectivity index (χ3n) is 2.77. The summed E-state index contributed by atoms with van der Waals surface area (Å²) in [6, 6.07) is 9.53. The molecule has 0 bridgehead atoms. The number of anilines is 1. The number of hydrogen-bond acceptors (Lipinski definition) is 3. The number of benzene rings is 1. The van der Waals surface area contributed by atoms with Crippen molar-refractivity contribution in [2.24, 2.45) is 0 Å². The van der Waals surface area contributed by atoms with Crippen LogP contribution in [-0.4, -0.2) is 29.0 Å². The van der Waals surface area contributed by atoms with Crippen molar-refractivity contribution in [2.75, 3.05) is 11.9 Å². The van der Waals surface area contributed by atoms with Crippen molar-refractivity contribution >= 4 is 33.5 Å². The van der Waals surface area contributed by atoms with E-state index in [-0.39, 0.29) is 11.5 Å². The lowest BCUT2D eigenvalue weighted by molar-refractivity contribution is 0.0696. The molecule has 102 valence electrons. The minimum Gasteiger partial charge on any atom is -0.478 e. The fraction of sp³-hybridized carbons (Fsp3) is 0.0714. The lowest BCUT2D eigenvalue weighted by Gasteiger charge is -2.17. The van der Waals surface area contributed by atoms with E-state index in [0.29, 0.717) is 15.9 Å². The van der Waals surface area contributed by atoms with Gasteiger partial charge >= 0.3 is 5.97 Å². The summed E-state index contributed by atoms with van der Waals surface area (Å²) in [4.78, 5) is 28.5. The van der Waals surface area contributed by atoms with Gasteiger partial charge in [-0.2, -0.15) is 0 Å². The monoisotopic (exact) mass is 334 g/mol. The topological polar surface area (TPSA) is 70.5 Å². The van der Waals surface area contributed by atoms with E-state index < -0.39 is 5.97 Å². The van der Waals surface area contributed by atoms with E-state index in [1.54, 1.807) is 37.5 Å². The van der Waals surface area contributed by atoms with E-state index in [1.807, 2.05) is 0 Å². The summed E-state index contributed by atoms with van der Waals surface area (Å²) in [5.41, 5.74) is 1.07. The largest absolute Gasteiger partial charge is 0.478 e. The van der Waals surface area contributed by atoms with Crippen LogP contribution in [0.15, 0.2) is 47.1 Å². The van der Waals surface area contributed by atoms with Gasteiger partial charge in [-0.05, 0) is 52.3 Å². The molecular weight excluding hydrogens is 324 g/mol. The molecule has 0 saturated heterocycles. The molecule has 1 amide bonds. The fourth-order valence-corrected chi connectivity index (χ4v) is 2.07. The van der Waals surface area contributed by atoms with Crippen LogP contribution in [0.2, 0.25) is 0 Å². The number of aromatic nitrogens is 1. The van der Waals surface area contributed by atoms with Crippen molar-refractivity contribution < 1.29 is 14.7 Å². The molecule has 2 rings (SSSR count). The Labute approximate surface area is 124 Å². The molecule has 1 aromatic carbocycles. The number of pyridine rings is 1. The van der Waals surface area contributed by atoms with Gasteiger partial charge in [-0.15, -0.1) is 0 Å². The van der Waals surface area contributed by atoms with Crippen molar-refractivity contribution in [1.29, 1.82) is 0 Å². The standard InChI is InChI=1S/C14H11BrN2O3/c1-17(10-6-4-9(5-7-10)14(19)20)13(18)12-11(15)3-2-8-16-12/h2-8H,1H3,(H,19,20). The van der Waals surface area contributed by atoms with E-state index in [0.717, 1.165) is 0 Å². The highest BCUT2D eigenvalue weighted by molar-refractivity contribution is 9.10. The Hall–Kier alpha value is -2.21. The summed E-state index contributed by atoms with van der Waals surface area (Å²) in [7, 11) is 1.61. The molecule has 20 heavy (non-hydrogen) atoms. The SMILES string of the molecule is CN(C(=O)c1ncccc1Br)c1ccc(C(=O)O)cc1. The number of rotatable bonds is 3. The van der Waals surface area contributed by atoms with Crippen LogP contribution >= 0.6 is 15.9 Å². The first kappa shape index (κ1) is 14.2. The molecular formula is C14H11BrN2O3. The minimum absolute atomic E-state index is 0.175. The molecule has 6 heteroatoms. The molecule has 0 aliphatic carbocycles. The second kappa shape index (κ2) is 5.83. The fourth-order valence-electron chi connectivity index (χ4n) is 1.65. The van der Waals surface area contributed by atoms with Crippen molar-refractivity contribution in [3.05, 3.63) is 58.3 Å². The molecule has 1 aromatic heterocycles. The Balaban J connectivity index is 2.27. The van der Waals surface area contributed by atoms with Crippen LogP contribution in [0.4, 0.5) is 5.69 Å². The second-order valence-electron chi connectivity index (χ2n) is 4.05. The summed E-state index contributed by atoms with van der Waals surface area (Å²) in [5.74, 6) is -1.28. The predicted molar refractivity (Wildman–Crippen MR) is 78.1 cm³/mol. The summed E-state index contributed by atoms with van der Waals surface area (Å²) in [6.45, 7) is 0. The van der Waals surface area contributed by atoms with E-state index in [9.17, 15) is 9.59 Å². The van der Waals surface area contributed by atoms with E-state index in [1.165, 1.54) is 17.0 Å². The molecule has 0 saturated carbocycles. The van der Waals surface area contributed by atoms with E-state index in [2.05, 4.69) is 20.9 Å². The summed E-state index contributed by atoms with van der Waals surface area (Å²) in [6.07, 6.45) is 1.54. The molecule has 0 aliphatic rings. The normalized spacial score (nSPS) is 10.1. The van der Waals surface area contributed by atoms with Gasteiger partial charge < -0.3 is 10.0 Å². The first-order chi connectivity index (χ1) is 9.50. The lowest BCUT2D eigenvalue weighted by atomic mass is 10.2. The van der Waals surface area contributed by atoms with Crippen LogP contribution < -0.4 is 4.90 Å². The van der Waals surface area contributed by atoms with Crippen LogP contribution in [0.1, 0.15) is 20.8 Å². The average molecular weight is 335 g/mol. The van der Waals surface area contributed by atoms with Crippen LogP contribution in [0, 0.1) is 0 Å². The second-order valence-corrected chi connectivity index (χ2v) is 4.90. The summed E-state index contributed by atoms with van der Waals surface area (Å²) < 4.78 is 0.610. The Morgan fingerprint density at radius 3 is 2.40 bits per heavy atom. The maximum absolute atomic E-state index is 12.3. The number of aromatic carboxylic acids is 1. The maximum atomic E-state index is 12.3. The van der Waals surface area contributed by atoms with Crippen molar-refractivity contribution in [3.63, 3.8) is 0 Å². The average Bonchev–Trinajstić information content (AvgIpc) is 2.46. The molecule has 0 spiro atoms. The zero-order valence-corrected chi connectivity index (χ0v) is 12.2. The first-order valence-electron chi connectivity index (χ1n) is 5.72. The number of halogens is 1. The van der Waals surface area contributed by atoms with Gasteiger partial charge in [0, 0.05) is 23.4 Å². The van der Waals surface area contributed by atoms with Gasteiger partial charge in [-0.25, -0.2) is 9.78 Å². The summed E-state index contributed by atoms with van der Waals surface area (Å²) >= 11 is 3.28. The molecule has 0 fully saturated rings. The predicted octanol–water partition coefficient (Wildman–Crippen LogP) is 2.82. The zero-order valence-electron chi connectivity index (χ0n) is 10.6. The highest BCUT2D eigenvalue weighted by Gasteiger charge is 2.17. The smallest absolute Gasteiger partial charge is 0.335 e. The van der Waals surface area contributed by atoms with Gasteiger partial charge in [0.15, 0.2) is 0 Å². The van der Waals surface area contributed by atoms with Crippen LogP contribution in [0.3, 0.4) is 0 Å². The van der Waals surface area contributed by atoms with Gasteiger partial charge in [0.05, 0.1) is 5.56 Å². The quantitative estimate of drug-likeness (QED) is 0.936. The van der Waals surface area contributed by atoms with Gasteiger partial charge in [0.1, 0.15) is 5.69 Å². The third-order valence-corrected chi connectivity index (χ3v) is 3.41. The molecule has 0 radical (unpaired) electrons. The van der Waals surface area contributed by atoms with Gasteiger partial charge in [0.25, 0.3) is 5.91 Å². The van der Waals surface area contributed by atoms with E-state index in [4.69, 9.17) is 5.11 Å². The molecule has 1 N–H and O–H groups in total. The Kier molecular flexibility index (Phi) is 4.14. The Morgan fingerprint density at radius 1 is 1.20 bits per heavy atom. The van der Waals surface area contributed by atoms with Crippen LogP contribution in [-0.2, 0) is 0 Å². The number of carbonyl (C=O) groups excluding carboxylic acids is 1. The molecule has 0 aliphatic heterocycles. The molecule has 0 unspecified atom stereocenters. The number of carboxylic acid groups (broad SMARTS) is 1. The molecule has 0 atom stereocenters. The lowest BCUT2D eigenvalue weighted by Crippen LogP contribution is -2.27.